The van der Waals surface area contributed by atoms with Crippen molar-refractivity contribution in [3.63, 3.8) is 0 Å². The van der Waals surface area contributed by atoms with Crippen molar-refractivity contribution in [3.8, 4) is 0 Å². The molecule has 0 aromatic carbocycles. The topological polar surface area (TPSA) is 71.8 Å². The summed E-state index contributed by atoms with van der Waals surface area (Å²) in [6, 6.07) is -0.102. The summed E-state index contributed by atoms with van der Waals surface area (Å²) in [5.74, 6) is 0. The number of hydrogen-bond donors (Lipinski definition) is 2. The predicted octanol–water partition coefficient (Wildman–Crippen LogP) is 1.58. The number of carbonyl (C=O) groups excluding carboxylic acids is 1. The van der Waals surface area contributed by atoms with Crippen LogP contribution in [0.4, 0.5) is 4.79 Å². The fraction of sp³-hybridized carbons (Fsp3) is 0.462. The van der Waals surface area contributed by atoms with E-state index in [1.54, 1.807) is 23.9 Å². The van der Waals surface area contributed by atoms with Crippen LogP contribution >= 0.6 is 11.3 Å². The fourth-order valence-corrected chi connectivity index (χ4v) is 2.51. The fourth-order valence-electron chi connectivity index (χ4n) is 1.86. The Kier molecular flexibility index (Phi) is 5.11. The van der Waals surface area contributed by atoms with E-state index in [-0.39, 0.29) is 12.1 Å². The monoisotopic (exact) mass is 293 g/mol. The molecular weight excluding hydrogens is 274 g/mol. The van der Waals surface area contributed by atoms with Gasteiger partial charge in [0.05, 0.1) is 17.0 Å². The number of aromatic nitrogens is 3. The Morgan fingerprint density at radius 1 is 1.55 bits per heavy atom. The van der Waals surface area contributed by atoms with Crippen molar-refractivity contribution >= 4 is 17.4 Å². The second-order valence-corrected chi connectivity index (χ2v) is 5.73. The molecule has 0 aliphatic rings. The number of imidazole rings is 1. The van der Waals surface area contributed by atoms with Gasteiger partial charge in [-0.3, -0.25) is 0 Å². The highest BCUT2D eigenvalue weighted by Crippen LogP contribution is 2.07. The quantitative estimate of drug-likeness (QED) is 0.849. The molecule has 2 aromatic rings. The van der Waals surface area contributed by atoms with Gasteiger partial charge in [0, 0.05) is 43.3 Å². The minimum Gasteiger partial charge on any atom is -0.338 e. The highest BCUT2D eigenvalue weighted by atomic mass is 32.1. The number of carbonyl (C=O) groups is 1. The van der Waals surface area contributed by atoms with Gasteiger partial charge in [0.15, 0.2) is 0 Å². The number of amides is 2. The molecule has 2 N–H and O–H groups in total. The van der Waals surface area contributed by atoms with E-state index in [9.17, 15) is 4.79 Å². The largest absolute Gasteiger partial charge is 0.338 e. The van der Waals surface area contributed by atoms with Crippen molar-refractivity contribution in [1.82, 2.24) is 25.2 Å². The van der Waals surface area contributed by atoms with Crippen LogP contribution in [0.3, 0.4) is 0 Å². The average Bonchev–Trinajstić information content (AvgIpc) is 3.01. The Morgan fingerprint density at radius 3 is 3.05 bits per heavy atom. The first kappa shape index (κ1) is 14.5. The maximum Gasteiger partial charge on any atom is 0.315 e. The van der Waals surface area contributed by atoms with Crippen molar-refractivity contribution in [3.05, 3.63) is 34.8 Å². The molecule has 1 atom stereocenters. The lowest BCUT2D eigenvalue weighted by Gasteiger charge is -2.14. The minimum atomic E-state index is -0.149. The van der Waals surface area contributed by atoms with E-state index in [4.69, 9.17) is 0 Å². The van der Waals surface area contributed by atoms with Crippen LogP contribution in [-0.4, -0.2) is 33.2 Å². The van der Waals surface area contributed by atoms with Gasteiger partial charge in [-0.1, -0.05) is 0 Å². The second kappa shape index (κ2) is 7.04. The van der Waals surface area contributed by atoms with Crippen LogP contribution < -0.4 is 10.6 Å². The number of rotatable bonds is 6. The summed E-state index contributed by atoms with van der Waals surface area (Å²) in [6.45, 7) is 5.24. The van der Waals surface area contributed by atoms with Crippen molar-refractivity contribution in [2.24, 2.45) is 0 Å². The number of hydrogen-bond acceptors (Lipinski definition) is 4. The molecule has 0 spiro atoms. The van der Waals surface area contributed by atoms with E-state index < -0.39 is 0 Å². The van der Waals surface area contributed by atoms with E-state index in [1.807, 2.05) is 30.0 Å². The molecule has 0 unspecified atom stereocenters. The first-order chi connectivity index (χ1) is 9.63. The molecule has 2 aromatic heterocycles. The molecule has 2 heterocycles. The van der Waals surface area contributed by atoms with Crippen molar-refractivity contribution in [2.75, 3.05) is 6.54 Å². The molecule has 0 saturated heterocycles. The summed E-state index contributed by atoms with van der Waals surface area (Å²) in [6.07, 6.45) is 6.09. The van der Waals surface area contributed by atoms with Crippen molar-refractivity contribution in [1.29, 1.82) is 0 Å². The number of urea groups is 1. The van der Waals surface area contributed by atoms with Crippen LogP contribution in [0.25, 0.3) is 0 Å². The number of thiazole rings is 1. The lowest BCUT2D eigenvalue weighted by atomic mass is 10.3. The molecule has 2 rings (SSSR count). The van der Waals surface area contributed by atoms with E-state index >= 15 is 0 Å². The number of aryl methyl sites for hydroxylation is 1. The Balaban J connectivity index is 1.64. The van der Waals surface area contributed by atoms with Gasteiger partial charge in [-0.05, 0) is 13.8 Å². The number of nitrogens with one attached hydrogen (secondary N) is 2. The first-order valence-corrected chi connectivity index (χ1v) is 7.42. The molecule has 0 aliphatic carbocycles. The maximum absolute atomic E-state index is 11.7. The zero-order valence-corrected chi connectivity index (χ0v) is 12.5. The van der Waals surface area contributed by atoms with Crippen LogP contribution in [-0.2, 0) is 13.0 Å². The zero-order valence-electron chi connectivity index (χ0n) is 11.7. The molecule has 0 aliphatic heterocycles. The van der Waals surface area contributed by atoms with Gasteiger partial charge >= 0.3 is 6.03 Å². The van der Waals surface area contributed by atoms with Crippen molar-refractivity contribution in [2.45, 2.75) is 32.9 Å². The van der Waals surface area contributed by atoms with E-state index in [2.05, 4.69) is 20.6 Å². The predicted molar refractivity (Wildman–Crippen MR) is 78.8 cm³/mol. The maximum atomic E-state index is 11.7. The second-order valence-electron chi connectivity index (χ2n) is 4.67. The third kappa shape index (κ3) is 4.65. The summed E-state index contributed by atoms with van der Waals surface area (Å²) >= 11 is 1.63. The lowest BCUT2D eigenvalue weighted by Crippen LogP contribution is -2.43. The van der Waals surface area contributed by atoms with Gasteiger partial charge in [-0.25, -0.2) is 14.8 Å². The molecule has 108 valence electrons. The summed E-state index contributed by atoms with van der Waals surface area (Å²) in [7, 11) is 0. The van der Waals surface area contributed by atoms with Gasteiger partial charge in [0.25, 0.3) is 0 Å². The normalized spacial score (nSPS) is 12.1. The molecular formula is C13H19N5OS. The molecule has 7 heteroatoms. The van der Waals surface area contributed by atoms with Crippen LogP contribution in [0, 0.1) is 6.92 Å². The van der Waals surface area contributed by atoms with E-state index in [1.165, 1.54) is 0 Å². The molecule has 6 nitrogen and oxygen atoms in total. The third-order valence-electron chi connectivity index (χ3n) is 2.75. The first-order valence-electron chi connectivity index (χ1n) is 6.54. The van der Waals surface area contributed by atoms with E-state index in [0.29, 0.717) is 13.1 Å². The highest BCUT2D eigenvalue weighted by Gasteiger charge is 2.07. The third-order valence-corrected chi connectivity index (χ3v) is 3.58. The van der Waals surface area contributed by atoms with Gasteiger partial charge in [-0.2, -0.15) is 0 Å². The van der Waals surface area contributed by atoms with Crippen molar-refractivity contribution < 1.29 is 4.79 Å². The molecule has 0 bridgehead atoms. The molecule has 20 heavy (non-hydrogen) atoms. The Bertz CT molecular complexity index is 537. The van der Waals surface area contributed by atoms with Crippen LogP contribution in [0.5, 0.6) is 0 Å². The summed E-state index contributed by atoms with van der Waals surface area (Å²) in [4.78, 5) is 20.0. The molecule has 0 saturated carbocycles. The van der Waals surface area contributed by atoms with Gasteiger partial charge in [-0.15, -0.1) is 11.3 Å². The van der Waals surface area contributed by atoms with Crippen LogP contribution in [0.15, 0.2) is 24.1 Å². The van der Waals surface area contributed by atoms with E-state index in [0.717, 1.165) is 17.1 Å². The Hall–Kier alpha value is -1.89. The van der Waals surface area contributed by atoms with Gasteiger partial charge in [0.2, 0.25) is 0 Å². The molecule has 0 radical (unpaired) electrons. The summed E-state index contributed by atoms with van der Waals surface area (Å²) in [5, 5.41) is 8.81. The Labute approximate surface area is 122 Å². The summed E-state index contributed by atoms with van der Waals surface area (Å²) < 4.78 is 1.93. The SMILES string of the molecule is Cc1nc(CCNC(=O)N[C@H](C)Cn2ccnc2)cs1. The molecule has 0 fully saturated rings. The van der Waals surface area contributed by atoms with Crippen LogP contribution in [0.1, 0.15) is 17.6 Å². The standard InChI is InChI=1S/C13H19N5OS/c1-10(7-18-6-5-14-9-18)16-13(19)15-4-3-12-8-20-11(2)17-12/h5-6,8-10H,3-4,7H2,1-2H3,(H2,15,16,19)/t10-/m1/s1. The summed E-state index contributed by atoms with van der Waals surface area (Å²) in [5.41, 5.74) is 1.03. The minimum absolute atomic E-state index is 0.0470. The average molecular weight is 293 g/mol. The Morgan fingerprint density at radius 2 is 2.40 bits per heavy atom. The highest BCUT2D eigenvalue weighted by molar-refractivity contribution is 7.09. The number of nitrogens with zero attached hydrogens (tertiary/aromatic N) is 3. The van der Waals surface area contributed by atoms with Gasteiger partial charge < -0.3 is 15.2 Å². The lowest BCUT2D eigenvalue weighted by molar-refractivity contribution is 0.236. The zero-order chi connectivity index (χ0) is 14.4. The smallest absolute Gasteiger partial charge is 0.315 e. The van der Waals surface area contributed by atoms with Crippen LogP contribution in [0.2, 0.25) is 0 Å². The van der Waals surface area contributed by atoms with Gasteiger partial charge in [0.1, 0.15) is 0 Å². The molecule has 2 amide bonds.